The summed E-state index contributed by atoms with van der Waals surface area (Å²) in [5.41, 5.74) is 0. The van der Waals surface area contributed by atoms with Gasteiger partial charge < -0.3 is 19.1 Å². The van der Waals surface area contributed by atoms with Crippen molar-refractivity contribution in [3.8, 4) is 0 Å². The average Bonchev–Trinajstić information content (AvgIpc) is 2.33. The molecule has 0 aromatic carbocycles. The van der Waals surface area contributed by atoms with E-state index < -0.39 is 0 Å². The Morgan fingerprint density at radius 2 is 1.76 bits per heavy atom. The fourth-order valence-electron chi connectivity index (χ4n) is 1.41. The third-order valence-electron chi connectivity index (χ3n) is 2.38. The number of hydrogen-bond donors (Lipinski definition) is 0. The van der Waals surface area contributed by atoms with Crippen LogP contribution >= 0.6 is 0 Å². The molecule has 5 nitrogen and oxygen atoms in total. The van der Waals surface area contributed by atoms with Crippen molar-refractivity contribution in [1.82, 2.24) is 4.90 Å². The minimum atomic E-state index is -0.178. The molecule has 0 aliphatic carbocycles. The Kier molecular flexibility index (Phi) is 10.1. The zero-order valence-electron chi connectivity index (χ0n) is 11.4. The van der Waals surface area contributed by atoms with Crippen LogP contribution in [0.1, 0.15) is 26.7 Å². The molecule has 0 spiro atoms. The van der Waals surface area contributed by atoms with Gasteiger partial charge in [-0.1, -0.05) is 0 Å². The summed E-state index contributed by atoms with van der Waals surface area (Å²) in [6.45, 7) is 6.73. The summed E-state index contributed by atoms with van der Waals surface area (Å²) in [6, 6.07) is 0. The second kappa shape index (κ2) is 10.5. The fourth-order valence-corrected chi connectivity index (χ4v) is 1.41. The molecule has 0 fully saturated rings. The van der Waals surface area contributed by atoms with E-state index in [9.17, 15) is 4.79 Å². The van der Waals surface area contributed by atoms with Gasteiger partial charge in [-0.25, -0.2) is 0 Å². The molecule has 17 heavy (non-hydrogen) atoms. The highest BCUT2D eigenvalue weighted by atomic mass is 16.7. The average molecular weight is 247 g/mol. The van der Waals surface area contributed by atoms with Crippen molar-refractivity contribution in [2.75, 3.05) is 40.5 Å². The van der Waals surface area contributed by atoms with Gasteiger partial charge in [0.15, 0.2) is 6.29 Å². The van der Waals surface area contributed by atoms with Crippen molar-refractivity contribution in [1.29, 1.82) is 0 Å². The van der Waals surface area contributed by atoms with E-state index in [1.54, 1.807) is 0 Å². The maximum absolute atomic E-state index is 11.0. The number of carbonyl (C=O) groups is 1. The Morgan fingerprint density at radius 3 is 2.24 bits per heavy atom. The molecule has 0 N–H and O–H groups in total. The molecule has 5 heteroatoms. The van der Waals surface area contributed by atoms with Gasteiger partial charge in [0, 0.05) is 32.7 Å². The van der Waals surface area contributed by atoms with E-state index in [2.05, 4.69) is 9.64 Å². The second-order valence-electron chi connectivity index (χ2n) is 3.76. The second-order valence-corrected chi connectivity index (χ2v) is 3.76. The molecule has 0 aromatic rings. The van der Waals surface area contributed by atoms with Crippen molar-refractivity contribution >= 4 is 5.97 Å². The number of hydrogen-bond acceptors (Lipinski definition) is 5. The molecule has 0 rings (SSSR count). The first-order valence-electron chi connectivity index (χ1n) is 6.12. The highest BCUT2D eigenvalue weighted by Gasteiger charge is 2.10. The summed E-state index contributed by atoms with van der Waals surface area (Å²) in [7, 11) is 3.38. The largest absolute Gasteiger partial charge is 0.469 e. The monoisotopic (exact) mass is 247 g/mol. The van der Waals surface area contributed by atoms with Crippen LogP contribution in [0, 0.1) is 0 Å². The number of rotatable bonds is 10. The zero-order chi connectivity index (χ0) is 13.1. The lowest BCUT2D eigenvalue weighted by molar-refractivity contribution is -0.142. The van der Waals surface area contributed by atoms with E-state index in [1.165, 1.54) is 7.11 Å². The zero-order valence-corrected chi connectivity index (χ0v) is 11.4. The molecule has 0 radical (unpaired) electrons. The number of methoxy groups -OCH3 is 1. The fraction of sp³-hybridized carbons (Fsp3) is 0.917. The van der Waals surface area contributed by atoms with Gasteiger partial charge in [-0.15, -0.1) is 0 Å². The van der Waals surface area contributed by atoms with Gasteiger partial charge in [0.1, 0.15) is 0 Å². The predicted octanol–water partition coefficient (Wildman–Crippen LogP) is 1.27. The number of ether oxygens (including phenoxy) is 3. The lowest BCUT2D eigenvalue weighted by Crippen LogP contribution is -2.28. The van der Waals surface area contributed by atoms with Gasteiger partial charge >= 0.3 is 5.97 Å². The van der Waals surface area contributed by atoms with Gasteiger partial charge in [-0.05, 0) is 20.9 Å². The lowest BCUT2D eigenvalue weighted by Gasteiger charge is -2.21. The smallest absolute Gasteiger partial charge is 0.306 e. The molecular weight excluding hydrogens is 222 g/mol. The highest BCUT2D eigenvalue weighted by Crippen LogP contribution is 2.03. The molecule has 0 amide bonds. The maximum atomic E-state index is 11.0. The highest BCUT2D eigenvalue weighted by molar-refractivity contribution is 5.69. The van der Waals surface area contributed by atoms with Crippen molar-refractivity contribution in [3.05, 3.63) is 0 Å². The van der Waals surface area contributed by atoms with Crippen molar-refractivity contribution in [3.63, 3.8) is 0 Å². The van der Waals surface area contributed by atoms with E-state index in [0.717, 1.165) is 13.0 Å². The van der Waals surface area contributed by atoms with Crippen LogP contribution < -0.4 is 0 Å². The van der Waals surface area contributed by atoms with Crippen molar-refractivity contribution in [2.45, 2.75) is 33.0 Å². The molecule has 0 heterocycles. The van der Waals surface area contributed by atoms with Crippen molar-refractivity contribution < 1.29 is 19.0 Å². The Hall–Kier alpha value is -0.650. The first-order chi connectivity index (χ1) is 8.13. The Balaban J connectivity index is 3.71. The maximum Gasteiger partial charge on any atom is 0.306 e. The van der Waals surface area contributed by atoms with Gasteiger partial charge in [-0.2, -0.15) is 0 Å². The van der Waals surface area contributed by atoms with Gasteiger partial charge in [-0.3, -0.25) is 4.79 Å². The summed E-state index contributed by atoms with van der Waals surface area (Å²) in [5, 5.41) is 0. The predicted molar refractivity (Wildman–Crippen MR) is 65.8 cm³/mol. The Labute approximate surface area is 104 Å². The molecule has 0 bridgehead atoms. The number of carbonyl (C=O) groups excluding carboxylic acids is 1. The molecule has 0 atom stereocenters. The standard InChI is InChI=1S/C12H25NO4/c1-5-16-12(17-6-2)8-10-13(3)9-7-11(14)15-4/h12H,5-10H2,1-4H3. The van der Waals surface area contributed by atoms with E-state index in [-0.39, 0.29) is 12.3 Å². The molecule has 102 valence electrons. The first-order valence-corrected chi connectivity index (χ1v) is 6.12. The molecule has 0 saturated carbocycles. The van der Waals surface area contributed by atoms with Crippen LogP contribution in [0.25, 0.3) is 0 Å². The normalized spacial score (nSPS) is 11.2. The summed E-state index contributed by atoms with van der Waals surface area (Å²) in [5.74, 6) is -0.178. The molecule has 0 aliphatic rings. The summed E-state index contributed by atoms with van der Waals surface area (Å²) < 4.78 is 15.5. The van der Waals surface area contributed by atoms with Gasteiger partial charge in [0.05, 0.1) is 13.5 Å². The third-order valence-corrected chi connectivity index (χ3v) is 2.38. The number of nitrogens with zero attached hydrogens (tertiary/aromatic N) is 1. The Morgan fingerprint density at radius 1 is 1.18 bits per heavy atom. The topological polar surface area (TPSA) is 48.0 Å². The summed E-state index contributed by atoms with van der Waals surface area (Å²) in [6.07, 6.45) is 1.07. The summed E-state index contributed by atoms with van der Waals surface area (Å²) >= 11 is 0. The van der Waals surface area contributed by atoms with Crippen LogP contribution in [0.5, 0.6) is 0 Å². The van der Waals surface area contributed by atoms with Crippen LogP contribution in [0.15, 0.2) is 0 Å². The lowest BCUT2D eigenvalue weighted by atomic mass is 10.3. The van der Waals surface area contributed by atoms with Crippen molar-refractivity contribution in [2.24, 2.45) is 0 Å². The molecular formula is C12H25NO4. The van der Waals surface area contributed by atoms with Crippen LogP contribution in [-0.2, 0) is 19.0 Å². The van der Waals surface area contributed by atoms with Gasteiger partial charge in [0.25, 0.3) is 0 Å². The van der Waals surface area contributed by atoms with E-state index in [0.29, 0.717) is 26.2 Å². The first kappa shape index (κ1) is 16.4. The molecule has 0 saturated heterocycles. The molecule has 0 unspecified atom stereocenters. The van der Waals surface area contributed by atoms with Crippen LogP contribution in [0.4, 0.5) is 0 Å². The van der Waals surface area contributed by atoms with E-state index >= 15 is 0 Å². The van der Waals surface area contributed by atoms with E-state index in [4.69, 9.17) is 9.47 Å². The van der Waals surface area contributed by atoms with E-state index in [1.807, 2.05) is 20.9 Å². The quantitative estimate of drug-likeness (QED) is 0.430. The Bertz CT molecular complexity index is 193. The van der Waals surface area contributed by atoms with Crippen LogP contribution in [0.3, 0.4) is 0 Å². The van der Waals surface area contributed by atoms with Crippen LogP contribution in [0.2, 0.25) is 0 Å². The molecule has 0 aliphatic heterocycles. The summed E-state index contributed by atoms with van der Waals surface area (Å²) in [4.78, 5) is 13.0. The SMILES string of the molecule is CCOC(CCN(C)CCC(=O)OC)OCC. The van der Waals surface area contributed by atoms with Gasteiger partial charge in [0.2, 0.25) is 0 Å². The minimum Gasteiger partial charge on any atom is -0.469 e. The molecule has 0 aromatic heterocycles. The third kappa shape index (κ3) is 9.09. The van der Waals surface area contributed by atoms with Crippen LogP contribution in [-0.4, -0.2) is 57.6 Å². The number of esters is 1. The minimum absolute atomic E-state index is 0.148.